The van der Waals surface area contributed by atoms with Crippen LogP contribution < -0.4 is 5.73 Å². The fourth-order valence-corrected chi connectivity index (χ4v) is 2.30. The number of nitrogens with two attached hydrogens (primary N) is 1. The van der Waals surface area contributed by atoms with Crippen molar-refractivity contribution in [2.45, 2.75) is 13.3 Å². The van der Waals surface area contributed by atoms with E-state index in [9.17, 15) is 4.79 Å². The van der Waals surface area contributed by atoms with Crippen molar-refractivity contribution in [2.24, 2.45) is 0 Å². The van der Waals surface area contributed by atoms with Gasteiger partial charge in [0.05, 0.1) is 0 Å². The van der Waals surface area contributed by atoms with Crippen LogP contribution in [0.25, 0.3) is 0 Å². The van der Waals surface area contributed by atoms with Crippen LogP contribution in [0.15, 0.2) is 35.0 Å². The lowest BCUT2D eigenvalue weighted by molar-refractivity contribution is 0.0992. The summed E-state index contributed by atoms with van der Waals surface area (Å²) in [6.07, 6.45) is 0.452. The highest BCUT2D eigenvalue weighted by molar-refractivity contribution is 7.08. The van der Waals surface area contributed by atoms with E-state index in [4.69, 9.17) is 5.73 Å². The maximum Gasteiger partial charge on any atom is 0.167 e. The highest BCUT2D eigenvalue weighted by Gasteiger charge is 2.11. The van der Waals surface area contributed by atoms with Gasteiger partial charge in [-0.15, -0.1) is 0 Å². The van der Waals surface area contributed by atoms with Gasteiger partial charge in [0.1, 0.15) is 0 Å². The Hall–Kier alpha value is -1.61. The average Bonchev–Trinajstić information content (AvgIpc) is 2.74. The van der Waals surface area contributed by atoms with Gasteiger partial charge in [-0.25, -0.2) is 0 Å². The van der Waals surface area contributed by atoms with Gasteiger partial charge in [-0.3, -0.25) is 4.79 Å². The summed E-state index contributed by atoms with van der Waals surface area (Å²) in [5.41, 5.74) is 9.13. The van der Waals surface area contributed by atoms with Gasteiger partial charge < -0.3 is 5.73 Å². The summed E-state index contributed by atoms with van der Waals surface area (Å²) in [5.74, 6) is 0.128. The summed E-state index contributed by atoms with van der Waals surface area (Å²) < 4.78 is 0. The van der Waals surface area contributed by atoms with E-state index in [1.807, 2.05) is 41.9 Å². The molecular weight excluding hydrogens is 218 g/mol. The molecule has 0 radical (unpaired) electrons. The molecule has 1 aromatic carbocycles. The number of thiophene rings is 1. The van der Waals surface area contributed by atoms with Crippen molar-refractivity contribution >= 4 is 22.8 Å². The monoisotopic (exact) mass is 231 g/mol. The van der Waals surface area contributed by atoms with E-state index in [0.717, 1.165) is 16.7 Å². The maximum atomic E-state index is 12.0. The first-order valence-corrected chi connectivity index (χ1v) is 6.02. The number of Topliss-reactive ketones (excluding diaryl/α,β-unsaturated/α-hetero) is 1. The second-order valence-electron chi connectivity index (χ2n) is 3.75. The zero-order valence-electron chi connectivity index (χ0n) is 9.07. The second kappa shape index (κ2) is 4.49. The molecule has 0 spiro atoms. The first kappa shape index (κ1) is 10.9. The van der Waals surface area contributed by atoms with E-state index >= 15 is 0 Å². The summed E-state index contributed by atoms with van der Waals surface area (Å²) in [4.78, 5) is 12.0. The molecule has 2 aromatic rings. The van der Waals surface area contributed by atoms with Crippen molar-refractivity contribution in [1.82, 2.24) is 0 Å². The third-order valence-electron chi connectivity index (χ3n) is 2.62. The van der Waals surface area contributed by atoms with E-state index in [0.29, 0.717) is 12.1 Å². The predicted molar refractivity (Wildman–Crippen MR) is 67.9 cm³/mol. The number of nitrogen functional groups attached to an aromatic ring is 1. The van der Waals surface area contributed by atoms with E-state index in [-0.39, 0.29) is 5.78 Å². The summed E-state index contributed by atoms with van der Waals surface area (Å²) >= 11 is 1.61. The minimum absolute atomic E-state index is 0.128. The number of hydrogen-bond donors (Lipinski definition) is 1. The molecule has 16 heavy (non-hydrogen) atoms. The zero-order chi connectivity index (χ0) is 11.5. The van der Waals surface area contributed by atoms with Crippen molar-refractivity contribution in [1.29, 1.82) is 0 Å². The number of benzene rings is 1. The van der Waals surface area contributed by atoms with Crippen molar-refractivity contribution in [3.8, 4) is 0 Å². The Morgan fingerprint density at radius 2 is 2.19 bits per heavy atom. The van der Waals surface area contributed by atoms with Crippen LogP contribution in [0, 0.1) is 6.92 Å². The number of carbonyl (C=O) groups excluding carboxylic acids is 1. The largest absolute Gasteiger partial charge is 0.398 e. The van der Waals surface area contributed by atoms with Gasteiger partial charge >= 0.3 is 0 Å². The SMILES string of the molecule is Cc1c(N)cccc1C(=O)Cc1ccsc1. The Bertz CT molecular complexity index is 503. The van der Waals surface area contributed by atoms with Gasteiger partial charge in [0, 0.05) is 17.7 Å². The van der Waals surface area contributed by atoms with Gasteiger partial charge in [-0.05, 0) is 40.9 Å². The van der Waals surface area contributed by atoms with Crippen LogP contribution in [-0.4, -0.2) is 5.78 Å². The minimum Gasteiger partial charge on any atom is -0.398 e. The average molecular weight is 231 g/mol. The Labute approximate surface area is 98.7 Å². The summed E-state index contributed by atoms with van der Waals surface area (Å²) in [7, 11) is 0. The van der Waals surface area contributed by atoms with Crippen molar-refractivity contribution in [2.75, 3.05) is 5.73 Å². The minimum atomic E-state index is 0.128. The molecule has 0 amide bonds. The summed E-state index contributed by atoms with van der Waals surface area (Å²) in [6, 6.07) is 7.45. The first-order valence-electron chi connectivity index (χ1n) is 5.08. The van der Waals surface area contributed by atoms with Gasteiger partial charge in [0.15, 0.2) is 5.78 Å². The Morgan fingerprint density at radius 1 is 1.38 bits per heavy atom. The molecule has 0 aliphatic heterocycles. The van der Waals surface area contributed by atoms with Crippen LogP contribution in [0.3, 0.4) is 0 Å². The molecule has 1 heterocycles. The Kier molecular flexibility index (Phi) is 3.06. The van der Waals surface area contributed by atoms with Gasteiger partial charge in [0.2, 0.25) is 0 Å². The molecule has 0 saturated carbocycles. The fourth-order valence-electron chi connectivity index (χ4n) is 1.63. The Morgan fingerprint density at radius 3 is 2.88 bits per heavy atom. The van der Waals surface area contributed by atoms with E-state index < -0.39 is 0 Å². The van der Waals surface area contributed by atoms with Crippen LogP contribution in [0.4, 0.5) is 5.69 Å². The van der Waals surface area contributed by atoms with Gasteiger partial charge in [-0.2, -0.15) is 11.3 Å². The van der Waals surface area contributed by atoms with Crippen LogP contribution in [0.1, 0.15) is 21.5 Å². The number of rotatable bonds is 3. The number of carbonyl (C=O) groups is 1. The third kappa shape index (κ3) is 2.14. The predicted octanol–water partition coefficient (Wildman–Crippen LogP) is 3.06. The fraction of sp³-hybridized carbons (Fsp3) is 0.154. The van der Waals surface area contributed by atoms with Crippen LogP contribution in [-0.2, 0) is 6.42 Å². The maximum absolute atomic E-state index is 12.0. The van der Waals surface area contributed by atoms with Crippen LogP contribution >= 0.6 is 11.3 Å². The highest BCUT2D eigenvalue weighted by Crippen LogP contribution is 2.18. The lowest BCUT2D eigenvalue weighted by atomic mass is 9.99. The number of anilines is 1. The molecule has 0 bridgehead atoms. The molecule has 0 aliphatic carbocycles. The molecule has 0 aliphatic rings. The third-order valence-corrected chi connectivity index (χ3v) is 3.35. The quantitative estimate of drug-likeness (QED) is 0.651. The van der Waals surface area contributed by atoms with E-state index in [1.54, 1.807) is 11.3 Å². The van der Waals surface area contributed by atoms with E-state index in [1.165, 1.54) is 0 Å². The number of hydrogen-bond acceptors (Lipinski definition) is 3. The smallest absolute Gasteiger partial charge is 0.167 e. The second-order valence-corrected chi connectivity index (χ2v) is 4.53. The molecule has 2 N–H and O–H groups in total. The molecule has 0 atom stereocenters. The molecule has 2 nitrogen and oxygen atoms in total. The molecule has 0 fully saturated rings. The van der Waals surface area contributed by atoms with Crippen molar-refractivity contribution < 1.29 is 4.79 Å². The molecule has 82 valence electrons. The topological polar surface area (TPSA) is 43.1 Å². The standard InChI is InChI=1S/C13H13NOS/c1-9-11(3-2-4-12(9)14)13(15)7-10-5-6-16-8-10/h2-6,8H,7,14H2,1H3. The molecule has 0 unspecified atom stereocenters. The number of ketones is 1. The van der Waals surface area contributed by atoms with Gasteiger partial charge in [-0.1, -0.05) is 12.1 Å². The van der Waals surface area contributed by atoms with Crippen molar-refractivity contribution in [3.63, 3.8) is 0 Å². The van der Waals surface area contributed by atoms with Gasteiger partial charge in [0.25, 0.3) is 0 Å². The van der Waals surface area contributed by atoms with Crippen LogP contribution in [0.2, 0.25) is 0 Å². The van der Waals surface area contributed by atoms with Crippen molar-refractivity contribution in [3.05, 3.63) is 51.7 Å². The summed E-state index contributed by atoms with van der Waals surface area (Å²) in [6.45, 7) is 1.89. The molecule has 0 saturated heterocycles. The highest BCUT2D eigenvalue weighted by atomic mass is 32.1. The van der Waals surface area contributed by atoms with Crippen LogP contribution in [0.5, 0.6) is 0 Å². The first-order chi connectivity index (χ1) is 7.68. The molecule has 1 aromatic heterocycles. The Balaban J connectivity index is 2.24. The van der Waals surface area contributed by atoms with E-state index in [2.05, 4.69) is 0 Å². The normalized spacial score (nSPS) is 10.3. The zero-order valence-corrected chi connectivity index (χ0v) is 9.88. The molecular formula is C13H13NOS. The lowest BCUT2D eigenvalue weighted by Gasteiger charge is -2.06. The summed E-state index contributed by atoms with van der Waals surface area (Å²) in [5, 5.41) is 3.98. The lowest BCUT2D eigenvalue weighted by Crippen LogP contribution is -2.06. The molecule has 3 heteroatoms. The molecule has 2 rings (SSSR count).